The Bertz CT molecular complexity index is 1180. The number of benzene rings is 2. The summed E-state index contributed by atoms with van der Waals surface area (Å²) in [6.45, 7) is 1.67. The van der Waals surface area contributed by atoms with Gasteiger partial charge in [-0.1, -0.05) is 48.5 Å². The molecule has 0 saturated carbocycles. The van der Waals surface area contributed by atoms with Crippen molar-refractivity contribution in [3.8, 4) is 5.69 Å². The molecule has 0 aliphatic rings. The molecule has 2 aromatic carbocycles. The molecular weight excluding hydrogens is 356 g/mol. The van der Waals surface area contributed by atoms with E-state index < -0.39 is 11.5 Å². The Morgan fingerprint density at radius 1 is 1.04 bits per heavy atom. The molecule has 7 heteroatoms. The maximum Gasteiger partial charge on any atom is 0.328 e. The predicted molar refractivity (Wildman–Crippen MR) is 104 cm³/mol. The average molecular weight is 374 g/mol. The van der Waals surface area contributed by atoms with Gasteiger partial charge in [-0.15, -0.1) is 0 Å². The third-order valence-electron chi connectivity index (χ3n) is 4.39. The minimum atomic E-state index is -0.525. The Morgan fingerprint density at radius 2 is 1.71 bits per heavy atom. The van der Waals surface area contributed by atoms with Crippen LogP contribution in [-0.4, -0.2) is 25.5 Å². The molecule has 140 valence electrons. The van der Waals surface area contributed by atoms with Crippen LogP contribution in [0.1, 0.15) is 11.3 Å². The van der Waals surface area contributed by atoms with Crippen LogP contribution >= 0.6 is 0 Å². The number of hydrogen-bond acceptors (Lipinski definition) is 5. The number of aryl methyl sites for hydroxylation is 1. The Hall–Kier alpha value is -3.74. The van der Waals surface area contributed by atoms with Gasteiger partial charge in [0, 0.05) is 5.39 Å². The molecule has 0 bridgehead atoms. The fourth-order valence-electron chi connectivity index (χ4n) is 3.00. The van der Waals surface area contributed by atoms with Crippen LogP contribution < -0.4 is 5.56 Å². The quantitative estimate of drug-likeness (QED) is 0.502. The summed E-state index contributed by atoms with van der Waals surface area (Å²) in [4.78, 5) is 25.2. The minimum absolute atomic E-state index is 0.150. The lowest BCUT2D eigenvalue weighted by atomic mass is 10.2. The number of carbonyl (C=O) groups excluding carboxylic acids is 1. The first-order chi connectivity index (χ1) is 13.6. The normalized spacial score (nSPS) is 10.9. The third kappa shape index (κ3) is 3.42. The van der Waals surface area contributed by atoms with Crippen LogP contribution in [0.15, 0.2) is 71.7 Å². The van der Waals surface area contributed by atoms with Crippen LogP contribution in [0.3, 0.4) is 0 Å². The van der Waals surface area contributed by atoms with Crippen LogP contribution in [-0.2, 0) is 22.7 Å². The van der Waals surface area contributed by atoms with Crippen LogP contribution in [0.2, 0.25) is 0 Å². The van der Waals surface area contributed by atoms with Crippen LogP contribution in [0.5, 0.6) is 0 Å². The average Bonchev–Trinajstić information content (AvgIpc) is 3.18. The highest BCUT2D eigenvalue weighted by Gasteiger charge is 2.17. The van der Waals surface area contributed by atoms with E-state index in [1.807, 2.05) is 60.7 Å². The molecule has 0 radical (unpaired) electrons. The number of esters is 1. The largest absolute Gasteiger partial charge is 0.459 e. The van der Waals surface area contributed by atoms with Crippen LogP contribution in [0.25, 0.3) is 16.6 Å². The van der Waals surface area contributed by atoms with Gasteiger partial charge in [-0.25, -0.2) is 9.36 Å². The van der Waals surface area contributed by atoms with Crippen molar-refractivity contribution in [3.63, 3.8) is 0 Å². The first-order valence-electron chi connectivity index (χ1n) is 8.84. The maximum atomic E-state index is 13.0. The van der Waals surface area contributed by atoms with E-state index in [1.54, 1.807) is 17.8 Å². The van der Waals surface area contributed by atoms with E-state index in [0.717, 1.165) is 15.9 Å². The number of carbonyl (C=O) groups is 1. The molecule has 4 rings (SSSR count). The van der Waals surface area contributed by atoms with Crippen molar-refractivity contribution in [2.75, 3.05) is 0 Å². The van der Waals surface area contributed by atoms with Gasteiger partial charge in [0.25, 0.3) is 5.56 Å². The lowest BCUT2D eigenvalue weighted by Gasteiger charge is -2.09. The molecule has 28 heavy (non-hydrogen) atoms. The number of fused-ring (bicyclic) bond motifs is 1. The van der Waals surface area contributed by atoms with Gasteiger partial charge in [-0.3, -0.25) is 9.59 Å². The number of ether oxygens (including phenoxy) is 1. The zero-order valence-electron chi connectivity index (χ0n) is 15.3. The van der Waals surface area contributed by atoms with Gasteiger partial charge in [0.1, 0.15) is 18.7 Å². The van der Waals surface area contributed by atoms with Crippen molar-refractivity contribution in [3.05, 3.63) is 88.5 Å². The molecule has 0 saturated heterocycles. The third-order valence-corrected chi connectivity index (χ3v) is 4.39. The highest BCUT2D eigenvalue weighted by molar-refractivity contribution is 5.81. The van der Waals surface area contributed by atoms with Crippen molar-refractivity contribution in [2.45, 2.75) is 20.1 Å². The van der Waals surface area contributed by atoms with Crippen molar-refractivity contribution in [1.82, 2.24) is 19.6 Å². The first-order valence-corrected chi connectivity index (χ1v) is 8.84. The lowest BCUT2D eigenvalue weighted by Crippen LogP contribution is -2.29. The topological polar surface area (TPSA) is 79.0 Å². The van der Waals surface area contributed by atoms with Gasteiger partial charge in [0.05, 0.1) is 17.6 Å². The smallest absolute Gasteiger partial charge is 0.328 e. The van der Waals surface area contributed by atoms with Crippen molar-refractivity contribution < 1.29 is 9.53 Å². The molecule has 2 heterocycles. The fraction of sp³-hybridized carbons (Fsp3) is 0.143. The number of para-hydroxylation sites is 1. The van der Waals surface area contributed by atoms with E-state index in [9.17, 15) is 9.59 Å². The molecule has 7 nitrogen and oxygen atoms in total. The molecular formula is C21H18N4O3. The van der Waals surface area contributed by atoms with E-state index in [2.05, 4.69) is 10.2 Å². The Labute approximate surface area is 160 Å². The summed E-state index contributed by atoms with van der Waals surface area (Å²) in [6, 6.07) is 18.7. The lowest BCUT2D eigenvalue weighted by molar-refractivity contribution is -0.146. The summed E-state index contributed by atoms with van der Waals surface area (Å²) in [5.41, 5.74) is 2.25. The molecule has 0 fully saturated rings. The van der Waals surface area contributed by atoms with E-state index in [1.165, 1.54) is 0 Å². The monoisotopic (exact) mass is 374 g/mol. The molecule has 0 N–H and O–H groups in total. The molecule has 4 aromatic rings. The van der Waals surface area contributed by atoms with Gasteiger partial charge >= 0.3 is 5.97 Å². The number of rotatable bonds is 5. The van der Waals surface area contributed by atoms with Gasteiger partial charge in [0.2, 0.25) is 0 Å². The molecule has 0 aliphatic heterocycles. The summed E-state index contributed by atoms with van der Waals surface area (Å²) in [7, 11) is 0. The number of hydrogen-bond donors (Lipinski definition) is 0. The highest BCUT2D eigenvalue weighted by Crippen LogP contribution is 2.16. The number of nitrogens with zero attached hydrogens (tertiary/aromatic N) is 4. The van der Waals surface area contributed by atoms with E-state index in [-0.39, 0.29) is 13.2 Å². The summed E-state index contributed by atoms with van der Waals surface area (Å²) in [5.74, 6) is -0.525. The Balaban J connectivity index is 1.63. The molecule has 2 aromatic heterocycles. The second kappa shape index (κ2) is 7.48. The van der Waals surface area contributed by atoms with Crippen molar-refractivity contribution >= 4 is 16.9 Å². The maximum absolute atomic E-state index is 13.0. The van der Waals surface area contributed by atoms with Crippen LogP contribution in [0.4, 0.5) is 0 Å². The summed E-state index contributed by atoms with van der Waals surface area (Å²) < 4.78 is 7.97. The zero-order chi connectivity index (χ0) is 19.5. The SMILES string of the molecule is Cc1nn(CC(=O)OCc2ccccc2)c(=O)c2c1cnn2-c1ccccc1. The van der Waals surface area contributed by atoms with Crippen LogP contribution in [0, 0.1) is 6.92 Å². The summed E-state index contributed by atoms with van der Waals surface area (Å²) in [5, 5.41) is 9.24. The summed E-state index contributed by atoms with van der Waals surface area (Å²) >= 11 is 0. The van der Waals surface area contributed by atoms with E-state index in [4.69, 9.17) is 4.74 Å². The minimum Gasteiger partial charge on any atom is -0.459 e. The number of aromatic nitrogens is 4. The summed E-state index contributed by atoms with van der Waals surface area (Å²) in [6.07, 6.45) is 1.62. The second-order valence-corrected chi connectivity index (χ2v) is 6.35. The predicted octanol–water partition coefficient (Wildman–Crippen LogP) is 2.63. The standard InChI is InChI=1S/C21H18N4O3/c1-15-18-12-22-25(17-10-6-3-7-11-17)20(18)21(27)24(23-15)13-19(26)28-14-16-8-4-2-5-9-16/h2-12H,13-14H2,1H3. The van der Waals surface area contributed by atoms with Gasteiger partial charge in [0.15, 0.2) is 0 Å². The van der Waals surface area contributed by atoms with Gasteiger partial charge in [-0.2, -0.15) is 10.2 Å². The Morgan fingerprint density at radius 3 is 2.43 bits per heavy atom. The van der Waals surface area contributed by atoms with Crippen molar-refractivity contribution in [1.29, 1.82) is 0 Å². The molecule has 0 atom stereocenters. The zero-order valence-corrected chi connectivity index (χ0v) is 15.3. The van der Waals surface area contributed by atoms with E-state index in [0.29, 0.717) is 16.6 Å². The van der Waals surface area contributed by atoms with E-state index >= 15 is 0 Å². The highest BCUT2D eigenvalue weighted by atomic mass is 16.5. The molecule has 0 unspecified atom stereocenters. The van der Waals surface area contributed by atoms with Gasteiger partial charge < -0.3 is 4.74 Å². The Kier molecular flexibility index (Phi) is 4.72. The van der Waals surface area contributed by atoms with Crippen molar-refractivity contribution in [2.24, 2.45) is 0 Å². The molecule has 0 spiro atoms. The first kappa shape index (κ1) is 17.7. The van der Waals surface area contributed by atoms with Gasteiger partial charge in [-0.05, 0) is 24.6 Å². The molecule has 0 aliphatic carbocycles. The fourth-order valence-corrected chi connectivity index (χ4v) is 3.00. The molecule has 0 amide bonds. The second-order valence-electron chi connectivity index (χ2n) is 6.35.